The maximum absolute atomic E-state index is 4.58. The first kappa shape index (κ1) is 20.7. The molecular weight excluding hydrogens is 196 g/mol. The van der Waals surface area contributed by atoms with Crippen LogP contribution in [-0.2, 0) is 0 Å². The Balaban J connectivity index is -0.000000164. The predicted molar refractivity (Wildman–Crippen MR) is 75.8 cm³/mol. The van der Waals surface area contributed by atoms with Crippen LogP contribution >= 0.6 is 0 Å². The standard InChI is InChI=1S/C7H16.C4H4O.2C2H6/c1-4-7(5-2)6-3;1-2-4-5-3-1;2*1-2/h7H,4-6H2,1-3H3;1-4H;2*1-2H3. The van der Waals surface area contributed by atoms with Crippen LogP contribution in [0.15, 0.2) is 29.1 Å². The zero-order valence-electron chi connectivity index (χ0n) is 12.4. The molecular formula is C15H32O. The first-order valence-corrected chi connectivity index (χ1v) is 6.82. The molecule has 0 amide bonds. The van der Waals surface area contributed by atoms with Crippen molar-refractivity contribution in [2.45, 2.75) is 67.7 Å². The van der Waals surface area contributed by atoms with Crippen molar-refractivity contribution in [3.8, 4) is 0 Å². The molecule has 1 heterocycles. The van der Waals surface area contributed by atoms with Crippen LogP contribution < -0.4 is 0 Å². The maximum atomic E-state index is 4.58. The minimum absolute atomic E-state index is 0.986. The van der Waals surface area contributed by atoms with Gasteiger partial charge in [-0.05, 0) is 18.1 Å². The van der Waals surface area contributed by atoms with Crippen molar-refractivity contribution in [1.29, 1.82) is 0 Å². The van der Waals surface area contributed by atoms with Crippen molar-refractivity contribution in [3.05, 3.63) is 24.7 Å². The van der Waals surface area contributed by atoms with E-state index in [9.17, 15) is 0 Å². The van der Waals surface area contributed by atoms with E-state index in [4.69, 9.17) is 0 Å². The lowest BCUT2D eigenvalue weighted by molar-refractivity contribution is 0.477. The highest BCUT2D eigenvalue weighted by Crippen LogP contribution is 2.09. The van der Waals surface area contributed by atoms with Crippen LogP contribution in [0.4, 0.5) is 0 Å². The van der Waals surface area contributed by atoms with Gasteiger partial charge in [0.1, 0.15) is 0 Å². The molecule has 1 heteroatoms. The van der Waals surface area contributed by atoms with Crippen molar-refractivity contribution >= 4 is 0 Å². The van der Waals surface area contributed by atoms with Crippen molar-refractivity contribution in [2.75, 3.05) is 0 Å². The number of rotatable bonds is 3. The molecule has 98 valence electrons. The fourth-order valence-electron chi connectivity index (χ4n) is 1.09. The largest absolute Gasteiger partial charge is 0.473 e. The van der Waals surface area contributed by atoms with Gasteiger partial charge in [0.05, 0.1) is 12.5 Å². The Morgan fingerprint density at radius 3 is 1.12 bits per heavy atom. The molecule has 0 N–H and O–H groups in total. The summed E-state index contributed by atoms with van der Waals surface area (Å²) in [7, 11) is 0. The minimum Gasteiger partial charge on any atom is -0.473 e. The fourth-order valence-corrected chi connectivity index (χ4v) is 1.09. The predicted octanol–water partition coefficient (Wildman–Crippen LogP) is 6.16. The zero-order valence-corrected chi connectivity index (χ0v) is 12.4. The Morgan fingerprint density at radius 2 is 1.06 bits per heavy atom. The molecule has 1 aromatic rings. The summed E-state index contributed by atoms with van der Waals surface area (Å²) in [5.41, 5.74) is 0. The molecule has 1 rings (SSSR count). The average Bonchev–Trinajstić information content (AvgIpc) is 2.95. The van der Waals surface area contributed by atoms with Gasteiger partial charge in [0, 0.05) is 0 Å². The molecule has 0 bridgehead atoms. The summed E-state index contributed by atoms with van der Waals surface area (Å²) in [6.07, 6.45) is 7.31. The van der Waals surface area contributed by atoms with Gasteiger partial charge in [0.2, 0.25) is 0 Å². The number of hydrogen-bond acceptors (Lipinski definition) is 1. The topological polar surface area (TPSA) is 13.1 Å². The highest BCUT2D eigenvalue weighted by atomic mass is 16.3. The van der Waals surface area contributed by atoms with Crippen LogP contribution in [0.5, 0.6) is 0 Å². The lowest BCUT2D eigenvalue weighted by Crippen LogP contribution is -1.91. The van der Waals surface area contributed by atoms with Crippen LogP contribution in [0.2, 0.25) is 0 Å². The quantitative estimate of drug-likeness (QED) is 0.603. The summed E-state index contributed by atoms with van der Waals surface area (Å²) in [4.78, 5) is 0. The monoisotopic (exact) mass is 228 g/mol. The van der Waals surface area contributed by atoms with Crippen LogP contribution in [0, 0.1) is 5.92 Å². The van der Waals surface area contributed by atoms with E-state index in [0.29, 0.717) is 0 Å². The molecule has 0 unspecified atom stereocenters. The van der Waals surface area contributed by atoms with Gasteiger partial charge in [-0.15, -0.1) is 0 Å². The van der Waals surface area contributed by atoms with Gasteiger partial charge in [-0.3, -0.25) is 0 Å². The highest BCUT2D eigenvalue weighted by molar-refractivity contribution is 4.79. The molecule has 0 aliphatic carbocycles. The zero-order chi connectivity index (χ0) is 13.2. The second-order valence-electron chi connectivity index (χ2n) is 2.88. The van der Waals surface area contributed by atoms with Crippen molar-refractivity contribution in [2.24, 2.45) is 5.92 Å². The lowest BCUT2D eigenvalue weighted by Gasteiger charge is -2.05. The van der Waals surface area contributed by atoms with Gasteiger partial charge in [-0.2, -0.15) is 0 Å². The van der Waals surface area contributed by atoms with E-state index < -0.39 is 0 Å². The Morgan fingerprint density at radius 1 is 0.750 bits per heavy atom. The normalized spacial score (nSPS) is 7.75. The lowest BCUT2D eigenvalue weighted by atomic mass is 10.0. The maximum Gasteiger partial charge on any atom is 0.0902 e. The molecule has 1 nitrogen and oxygen atoms in total. The van der Waals surface area contributed by atoms with Gasteiger partial charge in [0.25, 0.3) is 0 Å². The summed E-state index contributed by atoms with van der Waals surface area (Å²) in [6, 6.07) is 3.67. The van der Waals surface area contributed by atoms with Crippen LogP contribution in [0.3, 0.4) is 0 Å². The second-order valence-corrected chi connectivity index (χ2v) is 2.88. The van der Waals surface area contributed by atoms with Crippen LogP contribution in [-0.4, -0.2) is 0 Å². The van der Waals surface area contributed by atoms with E-state index in [-0.39, 0.29) is 0 Å². The van der Waals surface area contributed by atoms with Gasteiger partial charge in [-0.25, -0.2) is 0 Å². The number of furan rings is 1. The molecule has 0 fully saturated rings. The fraction of sp³-hybridized carbons (Fsp3) is 0.733. The Bertz CT molecular complexity index is 118. The summed E-state index contributed by atoms with van der Waals surface area (Å²) in [5, 5.41) is 0. The van der Waals surface area contributed by atoms with E-state index >= 15 is 0 Å². The average molecular weight is 228 g/mol. The summed E-state index contributed by atoms with van der Waals surface area (Å²) >= 11 is 0. The van der Waals surface area contributed by atoms with Gasteiger partial charge in [0.15, 0.2) is 0 Å². The molecule has 0 spiro atoms. The smallest absolute Gasteiger partial charge is 0.0902 e. The third-order valence-electron chi connectivity index (χ3n) is 2.16. The van der Waals surface area contributed by atoms with Crippen molar-refractivity contribution in [3.63, 3.8) is 0 Å². The van der Waals surface area contributed by atoms with Gasteiger partial charge in [-0.1, -0.05) is 67.7 Å². The van der Waals surface area contributed by atoms with E-state index in [0.717, 1.165) is 5.92 Å². The van der Waals surface area contributed by atoms with E-state index in [1.165, 1.54) is 19.3 Å². The molecule has 0 aliphatic heterocycles. The Hall–Kier alpha value is -0.720. The molecule has 0 atom stereocenters. The van der Waals surface area contributed by atoms with Gasteiger partial charge < -0.3 is 4.42 Å². The summed E-state index contributed by atoms with van der Waals surface area (Å²) in [6.45, 7) is 14.8. The van der Waals surface area contributed by atoms with Crippen molar-refractivity contribution in [1.82, 2.24) is 0 Å². The summed E-state index contributed by atoms with van der Waals surface area (Å²) in [5.74, 6) is 0.986. The highest BCUT2D eigenvalue weighted by Gasteiger charge is 1.95. The van der Waals surface area contributed by atoms with E-state index in [1.807, 2.05) is 39.8 Å². The van der Waals surface area contributed by atoms with Crippen molar-refractivity contribution < 1.29 is 4.42 Å². The molecule has 0 saturated heterocycles. The summed E-state index contributed by atoms with van der Waals surface area (Å²) < 4.78 is 4.58. The van der Waals surface area contributed by atoms with Crippen LogP contribution in [0.25, 0.3) is 0 Å². The Kier molecular flexibility index (Phi) is 30.8. The third-order valence-corrected chi connectivity index (χ3v) is 2.16. The third kappa shape index (κ3) is 18.9. The van der Waals surface area contributed by atoms with Crippen LogP contribution in [0.1, 0.15) is 67.7 Å². The van der Waals surface area contributed by atoms with E-state index in [1.54, 1.807) is 12.5 Å². The SMILES string of the molecule is CC.CC.CCC(CC)CC.c1ccoc1. The first-order valence-electron chi connectivity index (χ1n) is 6.82. The van der Waals surface area contributed by atoms with E-state index in [2.05, 4.69) is 25.2 Å². The second kappa shape index (κ2) is 23.8. The molecule has 16 heavy (non-hydrogen) atoms. The first-order chi connectivity index (χ1) is 7.85. The molecule has 0 radical (unpaired) electrons. The minimum atomic E-state index is 0.986. The molecule has 1 aromatic heterocycles. The molecule has 0 aliphatic rings. The van der Waals surface area contributed by atoms with Gasteiger partial charge >= 0.3 is 0 Å². The molecule has 0 aromatic carbocycles. The number of hydrogen-bond donors (Lipinski definition) is 0. The Labute approximate surface area is 103 Å². The molecule has 0 saturated carbocycles.